The molecule has 0 radical (unpaired) electrons. The van der Waals surface area contributed by atoms with Gasteiger partial charge in [-0.25, -0.2) is 8.78 Å². The topological polar surface area (TPSA) is 69.6 Å². The van der Waals surface area contributed by atoms with E-state index in [1.165, 1.54) is 31.2 Å². The second kappa shape index (κ2) is 11.2. The first-order valence-corrected chi connectivity index (χ1v) is 12.8. The van der Waals surface area contributed by atoms with Crippen LogP contribution in [0.5, 0.6) is 0 Å². The molecule has 0 aromatic heterocycles. The summed E-state index contributed by atoms with van der Waals surface area (Å²) in [6.45, 7) is 1.46. The largest absolute Gasteiger partial charge is 0.388 e. The number of hydrogen-bond acceptors (Lipinski definition) is 3. The standard InChI is InChI=1S/C32H28F2N2O3/c1-20(37)35-27-4-2-3-24(19-27)21-5-7-23(8-6-21)31-29(17-18-30(38)22-9-11-25(33)12-10-22)32(39)36(31)28-15-13-26(34)14-16-28/h2-16,19,29-31,38H,17-18H2,1H3,(H,35,37)/t29?,30-,31+/m0/s1. The molecule has 1 aliphatic heterocycles. The van der Waals surface area contributed by atoms with Crippen molar-refractivity contribution in [3.8, 4) is 11.1 Å². The maximum atomic E-state index is 13.6. The molecule has 0 saturated carbocycles. The molecule has 7 heteroatoms. The summed E-state index contributed by atoms with van der Waals surface area (Å²) in [5, 5.41) is 13.5. The van der Waals surface area contributed by atoms with Gasteiger partial charge in [0.15, 0.2) is 0 Å². The van der Waals surface area contributed by atoms with E-state index in [0.717, 1.165) is 16.7 Å². The van der Waals surface area contributed by atoms with Crippen molar-refractivity contribution in [3.05, 3.63) is 120 Å². The monoisotopic (exact) mass is 526 g/mol. The third kappa shape index (κ3) is 5.73. The molecular weight excluding hydrogens is 498 g/mol. The number of carbonyl (C=O) groups excluding carboxylic acids is 2. The van der Waals surface area contributed by atoms with Crippen LogP contribution in [0.2, 0.25) is 0 Å². The number of carbonyl (C=O) groups is 2. The zero-order chi connectivity index (χ0) is 27.5. The van der Waals surface area contributed by atoms with E-state index in [4.69, 9.17) is 0 Å². The lowest BCUT2D eigenvalue weighted by Gasteiger charge is -2.48. The van der Waals surface area contributed by atoms with Crippen molar-refractivity contribution in [1.82, 2.24) is 0 Å². The summed E-state index contributed by atoms with van der Waals surface area (Å²) < 4.78 is 26.9. The van der Waals surface area contributed by atoms with Crippen LogP contribution in [-0.2, 0) is 9.59 Å². The predicted molar refractivity (Wildman–Crippen MR) is 147 cm³/mol. The first-order valence-electron chi connectivity index (χ1n) is 12.8. The third-order valence-electron chi connectivity index (χ3n) is 7.09. The van der Waals surface area contributed by atoms with Crippen LogP contribution in [0.1, 0.15) is 43.0 Å². The van der Waals surface area contributed by atoms with Gasteiger partial charge in [-0.05, 0) is 83.6 Å². The lowest BCUT2D eigenvalue weighted by Crippen LogP contribution is -2.55. The Balaban J connectivity index is 1.39. The average molecular weight is 527 g/mol. The third-order valence-corrected chi connectivity index (χ3v) is 7.09. The molecule has 1 heterocycles. The fourth-order valence-corrected chi connectivity index (χ4v) is 5.14. The summed E-state index contributed by atoms with van der Waals surface area (Å²) in [5.74, 6) is -1.37. The number of anilines is 2. The number of hydrogen-bond donors (Lipinski definition) is 2. The van der Waals surface area contributed by atoms with Gasteiger partial charge >= 0.3 is 0 Å². The zero-order valence-corrected chi connectivity index (χ0v) is 21.4. The Labute approximate surface area is 225 Å². The van der Waals surface area contributed by atoms with E-state index < -0.39 is 6.10 Å². The van der Waals surface area contributed by atoms with E-state index in [1.54, 1.807) is 29.2 Å². The molecule has 1 fully saturated rings. The lowest BCUT2D eigenvalue weighted by molar-refractivity contribution is -0.131. The summed E-state index contributed by atoms with van der Waals surface area (Å²) in [5.41, 5.74) is 4.72. The van der Waals surface area contributed by atoms with Gasteiger partial charge in [-0.1, -0.05) is 48.5 Å². The molecule has 1 unspecified atom stereocenters. The first kappa shape index (κ1) is 26.3. The summed E-state index contributed by atoms with van der Waals surface area (Å²) in [6.07, 6.45) is -0.0541. The molecule has 198 valence electrons. The predicted octanol–water partition coefficient (Wildman–Crippen LogP) is 6.81. The molecular formula is C32H28F2N2O3. The number of nitrogens with one attached hydrogen (secondary N) is 1. The van der Waals surface area contributed by atoms with E-state index in [2.05, 4.69) is 5.32 Å². The maximum absolute atomic E-state index is 13.6. The van der Waals surface area contributed by atoms with E-state index in [0.29, 0.717) is 29.8 Å². The van der Waals surface area contributed by atoms with Gasteiger partial charge in [-0.15, -0.1) is 0 Å². The number of rotatable bonds is 8. The van der Waals surface area contributed by atoms with Gasteiger partial charge in [0.2, 0.25) is 11.8 Å². The highest BCUT2D eigenvalue weighted by Crippen LogP contribution is 2.46. The highest BCUT2D eigenvalue weighted by molar-refractivity contribution is 6.03. The summed E-state index contributed by atoms with van der Waals surface area (Å²) in [6, 6.07) is 26.7. The maximum Gasteiger partial charge on any atom is 0.233 e. The summed E-state index contributed by atoms with van der Waals surface area (Å²) in [4.78, 5) is 26.4. The Bertz CT molecular complexity index is 1470. The highest BCUT2D eigenvalue weighted by Gasteiger charge is 2.48. The number of β-lactam (4-membered cyclic amide) rings is 1. The van der Waals surface area contributed by atoms with Gasteiger partial charge in [0.1, 0.15) is 11.6 Å². The van der Waals surface area contributed by atoms with E-state index in [-0.39, 0.29) is 35.4 Å². The van der Waals surface area contributed by atoms with Gasteiger partial charge in [0, 0.05) is 18.3 Å². The Hall–Kier alpha value is -4.36. The van der Waals surface area contributed by atoms with Crippen molar-refractivity contribution < 1.29 is 23.5 Å². The van der Waals surface area contributed by atoms with Crippen molar-refractivity contribution in [3.63, 3.8) is 0 Å². The molecule has 5 rings (SSSR count). The Morgan fingerprint density at radius 2 is 1.54 bits per heavy atom. The minimum absolute atomic E-state index is 0.0926. The quantitative estimate of drug-likeness (QED) is 0.248. The smallest absolute Gasteiger partial charge is 0.233 e. The molecule has 0 aliphatic carbocycles. The van der Waals surface area contributed by atoms with Crippen LogP contribution in [0, 0.1) is 17.6 Å². The molecule has 0 spiro atoms. The molecule has 2 amide bonds. The molecule has 4 aromatic carbocycles. The number of nitrogens with zero attached hydrogens (tertiary/aromatic N) is 1. The molecule has 4 aromatic rings. The minimum Gasteiger partial charge on any atom is -0.388 e. The van der Waals surface area contributed by atoms with Crippen molar-refractivity contribution >= 4 is 23.2 Å². The van der Waals surface area contributed by atoms with Gasteiger partial charge in [0.25, 0.3) is 0 Å². The van der Waals surface area contributed by atoms with Crippen LogP contribution in [0.4, 0.5) is 20.2 Å². The molecule has 5 nitrogen and oxygen atoms in total. The van der Waals surface area contributed by atoms with Crippen molar-refractivity contribution in [1.29, 1.82) is 0 Å². The molecule has 3 atom stereocenters. The molecule has 1 aliphatic rings. The highest BCUT2D eigenvalue weighted by atomic mass is 19.1. The second-order valence-electron chi connectivity index (χ2n) is 9.76. The van der Waals surface area contributed by atoms with Gasteiger partial charge < -0.3 is 15.3 Å². The zero-order valence-electron chi connectivity index (χ0n) is 21.4. The number of aliphatic hydroxyl groups excluding tert-OH is 1. The normalized spacial score (nSPS) is 17.4. The Kier molecular flexibility index (Phi) is 7.52. The van der Waals surface area contributed by atoms with Crippen LogP contribution >= 0.6 is 0 Å². The van der Waals surface area contributed by atoms with Crippen LogP contribution in [0.25, 0.3) is 11.1 Å². The summed E-state index contributed by atoms with van der Waals surface area (Å²) >= 11 is 0. The lowest BCUT2D eigenvalue weighted by atomic mass is 9.78. The van der Waals surface area contributed by atoms with E-state index >= 15 is 0 Å². The number of halogens is 2. The number of aliphatic hydroxyl groups is 1. The van der Waals surface area contributed by atoms with Crippen molar-refractivity contribution in [2.45, 2.75) is 31.9 Å². The van der Waals surface area contributed by atoms with Crippen LogP contribution in [0.15, 0.2) is 97.1 Å². The molecule has 0 bridgehead atoms. The molecule has 1 saturated heterocycles. The molecule has 39 heavy (non-hydrogen) atoms. The van der Waals surface area contributed by atoms with Gasteiger partial charge in [-0.2, -0.15) is 0 Å². The second-order valence-corrected chi connectivity index (χ2v) is 9.76. The SMILES string of the molecule is CC(=O)Nc1cccc(-c2ccc([C@@H]3C(CC[C@H](O)c4ccc(F)cc4)C(=O)N3c3ccc(F)cc3)cc2)c1. The van der Waals surface area contributed by atoms with Gasteiger partial charge in [-0.3, -0.25) is 9.59 Å². The number of benzene rings is 4. The fraction of sp³-hybridized carbons (Fsp3) is 0.188. The first-order chi connectivity index (χ1) is 18.8. The molecule has 2 N–H and O–H groups in total. The Morgan fingerprint density at radius 1 is 0.897 bits per heavy atom. The van der Waals surface area contributed by atoms with Crippen molar-refractivity contribution in [2.24, 2.45) is 5.92 Å². The fourth-order valence-electron chi connectivity index (χ4n) is 5.14. The average Bonchev–Trinajstić information content (AvgIpc) is 2.93. The van der Waals surface area contributed by atoms with Crippen LogP contribution < -0.4 is 10.2 Å². The van der Waals surface area contributed by atoms with E-state index in [1.807, 2.05) is 48.5 Å². The van der Waals surface area contributed by atoms with Gasteiger partial charge in [0.05, 0.1) is 18.1 Å². The van der Waals surface area contributed by atoms with Crippen molar-refractivity contribution in [2.75, 3.05) is 10.2 Å². The van der Waals surface area contributed by atoms with E-state index in [9.17, 15) is 23.5 Å². The van der Waals surface area contributed by atoms with Crippen LogP contribution in [0.3, 0.4) is 0 Å². The Morgan fingerprint density at radius 3 is 2.18 bits per heavy atom. The number of amides is 2. The van der Waals surface area contributed by atoms with Crippen LogP contribution in [-0.4, -0.2) is 16.9 Å². The minimum atomic E-state index is -0.822. The summed E-state index contributed by atoms with van der Waals surface area (Å²) in [7, 11) is 0.